The highest BCUT2D eigenvalue weighted by Gasteiger charge is 2.19. The van der Waals surface area contributed by atoms with E-state index in [1.165, 1.54) is 0 Å². The Labute approximate surface area is 85.2 Å². The summed E-state index contributed by atoms with van der Waals surface area (Å²) in [6.45, 7) is 3.80. The molecule has 0 spiro atoms. The van der Waals surface area contributed by atoms with E-state index >= 15 is 0 Å². The molecule has 1 rings (SSSR count). The molecule has 2 heteroatoms. The molecule has 2 nitrogen and oxygen atoms in total. The summed E-state index contributed by atoms with van der Waals surface area (Å²) in [5.41, 5.74) is 1.06. The Balaban J connectivity index is 2.53. The SMILES string of the molecule is CC(C)C(O)C(O)Cc1ccccc1. The summed E-state index contributed by atoms with van der Waals surface area (Å²) < 4.78 is 0. The van der Waals surface area contributed by atoms with E-state index in [-0.39, 0.29) is 5.92 Å². The van der Waals surface area contributed by atoms with Crippen LogP contribution in [0.3, 0.4) is 0 Å². The molecule has 1 aromatic rings. The monoisotopic (exact) mass is 194 g/mol. The van der Waals surface area contributed by atoms with Gasteiger partial charge in [0.25, 0.3) is 0 Å². The topological polar surface area (TPSA) is 40.5 Å². The minimum atomic E-state index is -0.669. The second kappa shape index (κ2) is 5.13. The van der Waals surface area contributed by atoms with Crippen LogP contribution in [0.15, 0.2) is 30.3 Å². The van der Waals surface area contributed by atoms with Gasteiger partial charge in [0.05, 0.1) is 12.2 Å². The lowest BCUT2D eigenvalue weighted by molar-refractivity contribution is -0.00731. The van der Waals surface area contributed by atoms with Crippen molar-refractivity contribution in [2.24, 2.45) is 5.92 Å². The maximum Gasteiger partial charge on any atom is 0.0841 e. The molecule has 0 amide bonds. The number of hydrogen-bond acceptors (Lipinski definition) is 2. The Hall–Kier alpha value is -0.860. The van der Waals surface area contributed by atoms with E-state index in [1.54, 1.807) is 0 Å². The van der Waals surface area contributed by atoms with Crippen LogP contribution in [-0.4, -0.2) is 22.4 Å². The molecule has 14 heavy (non-hydrogen) atoms. The normalized spacial score (nSPS) is 15.5. The van der Waals surface area contributed by atoms with Gasteiger partial charge in [-0.1, -0.05) is 44.2 Å². The van der Waals surface area contributed by atoms with Crippen LogP contribution in [0.5, 0.6) is 0 Å². The molecule has 0 aliphatic heterocycles. The van der Waals surface area contributed by atoms with Gasteiger partial charge < -0.3 is 10.2 Å². The van der Waals surface area contributed by atoms with Gasteiger partial charge in [0.15, 0.2) is 0 Å². The van der Waals surface area contributed by atoms with Crippen molar-refractivity contribution in [3.05, 3.63) is 35.9 Å². The minimum absolute atomic E-state index is 0.0914. The summed E-state index contributed by atoms with van der Waals surface area (Å²) in [6, 6.07) is 9.72. The predicted octanol–water partition coefficient (Wildman–Crippen LogP) is 1.61. The van der Waals surface area contributed by atoms with Crippen LogP contribution in [0.25, 0.3) is 0 Å². The average Bonchev–Trinajstić information content (AvgIpc) is 2.18. The van der Waals surface area contributed by atoms with Gasteiger partial charge in [-0.25, -0.2) is 0 Å². The summed E-state index contributed by atoms with van der Waals surface area (Å²) >= 11 is 0. The lowest BCUT2D eigenvalue weighted by Crippen LogP contribution is -2.32. The first-order valence-electron chi connectivity index (χ1n) is 5.01. The van der Waals surface area contributed by atoms with Gasteiger partial charge in [-0.2, -0.15) is 0 Å². The third kappa shape index (κ3) is 3.13. The lowest BCUT2D eigenvalue weighted by Gasteiger charge is -2.20. The van der Waals surface area contributed by atoms with E-state index in [4.69, 9.17) is 0 Å². The van der Waals surface area contributed by atoms with Crippen molar-refractivity contribution in [2.75, 3.05) is 0 Å². The molecule has 0 fully saturated rings. The van der Waals surface area contributed by atoms with Gasteiger partial charge in [0.2, 0.25) is 0 Å². The fourth-order valence-corrected chi connectivity index (χ4v) is 1.42. The molecule has 2 N–H and O–H groups in total. The molecular formula is C12H18O2. The Morgan fingerprint density at radius 1 is 1.07 bits per heavy atom. The quantitative estimate of drug-likeness (QED) is 0.764. The average molecular weight is 194 g/mol. The van der Waals surface area contributed by atoms with E-state index in [0.29, 0.717) is 6.42 Å². The molecule has 0 saturated heterocycles. The van der Waals surface area contributed by atoms with Crippen LogP contribution in [0.4, 0.5) is 0 Å². The predicted molar refractivity (Wildman–Crippen MR) is 57.0 cm³/mol. The number of hydrogen-bond donors (Lipinski definition) is 2. The molecule has 78 valence electrons. The van der Waals surface area contributed by atoms with Crippen LogP contribution >= 0.6 is 0 Å². The van der Waals surface area contributed by atoms with E-state index in [9.17, 15) is 10.2 Å². The maximum atomic E-state index is 9.69. The van der Waals surface area contributed by atoms with E-state index in [0.717, 1.165) is 5.56 Å². The van der Waals surface area contributed by atoms with E-state index in [2.05, 4.69) is 0 Å². The molecule has 2 unspecified atom stereocenters. The molecule has 0 aromatic heterocycles. The van der Waals surface area contributed by atoms with Gasteiger partial charge in [0, 0.05) is 6.42 Å². The summed E-state index contributed by atoms with van der Waals surface area (Å²) in [7, 11) is 0. The maximum absolute atomic E-state index is 9.69. The zero-order valence-electron chi connectivity index (χ0n) is 8.72. The van der Waals surface area contributed by atoms with E-state index < -0.39 is 12.2 Å². The van der Waals surface area contributed by atoms with Crippen molar-refractivity contribution in [3.63, 3.8) is 0 Å². The second-order valence-corrected chi connectivity index (χ2v) is 3.99. The summed E-state index contributed by atoms with van der Waals surface area (Å²) in [5.74, 6) is 0.0914. The van der Waals surface area contributed by atoms with Gasteiger partial charge in [-0.05, 0) is 11.5 Å². The smallest absolute Gasteiger partial charge is 0.0841 e. The molecule has 0 bridgehead atoms. The zero-order valence-corrected chi connectivity index (χ0v) is 8.72. The Morgan fingerprint density at radius 3 is 2.14 bits per heavy atom. The first-order chi connectivity index (χ1) is 6.61. The van der Waals surface area contributed by atoms with Crippen molar-refractivity contribution in [2.45, 2.75) is 32.5 Å². The van der Waals surface area contributed by atoms with Crippen LogP contribution < -0.4 is 0 Å². The first kappa shape index (κ1) is 11.2. The Kier molecular flexibility index (Phi) is 4.11. The molecule has 0 aliphatic carbocycles. The summed E-state index contributed by atoms with van der Waals surface area (Å²) in [5, 5.41) is 19.3. The highest BCUT2D eigenvalue weighted by Crippen LogP contribution is 2.11. The van der Waals surface area contributed by atoms with Crippen molar-refractivity contribution in [1.82, 2.24) is 0 Å². The van der Waals surface area contributed by atoms with Gasteiger partial charge in [-0.3, -0.25) is 0 Å². The Morgan fingerprint density at radius 2 is 1.64 bits per heavy atom. The molecule has 0 heterocycles. The fraction of sp³-hybridized carbons (Fsp3) is 0.500. The summed E-state index contributed by atoms with van der Waals surface area (Å²) in [4.78, 5) is 0. The van der Waals surface area contributed by atoms with Gasteiger partial charge >= 0.3 is 0 Å². The van der Waals surface area contributed by atoms with Crippen molar-refractivity contribution in [3.8, 4) is 0 Å². The van der Waals surface area contributed by atoms with Gasteiger partial charge in [0.1, 0.15) is 0 Å². The van der Waals surface area contributed by atoms with Crippen LogP contribution in [0, 0.1) is 5.92 Å². The van der Waals surface area contributed by atoms with Crippen LogP contribution in [-0.2, 0) is 6.42 Å². The number of rotatable bonds is 4. The molecule has 2 atom stereocenters. The molecular weight excluding hydrogens is 176 g/mol. The third-order valence-corrected chi connectivity index (χ3v) is 2.36. The van der Waals surface area contributed by atoms with Gasteiger partial charge in [-0.15, -0.1) is 0 Å². The zero-order chi connectivity index (χ0) is 10.6. The van der Waals surface area contributed by atoms with Crippen LogP contribution in [0.2, 0.25) is 0 Å². The number of aliphatic hydroxyl groups is 2. The third-order valence-electron chi connectivity index (χ3n) is 2.36. The molecule has 1 aromatic carbocycles. The highest BCUT2D eigenvalue weighted by molar-refractivity contribution is 5.15. The first-order valence-corrected chi connectivity index (χ1v) is 5.01. The highest BCUT2D eigenvalue weighted by atomic mass is 16.3. The summed E-state index contributed by atoms with van der Waals surface area (Å²) in [6.07, 6.45) is -0.798. The molecule has 0 saturated carbocycles. The van der Waals surface area contributed by atoms with E-state index in [1.807, 2.05) is 44.2 Å². The van der Waals surface area contributed by atoms with Crippen LogP contribution in [0.1, 0.15) is 19.4 Å². The lowest BCUT2D eigenvalue weighted by atomic mass is 9.97. The Bertz CT molecular complexity index is 256. The second-order valence-electron chi connectivity index (χ2n) is 3.99. The largest absolute Gasteiger partial charge is 0.390 e. The molecule has 0 radical (unpaired) electrons. The standard InChI is InChI=1S/C12H18O2/c1-9(2)12(14)11(13)8-10-6-4-3-5-7-10/h3-7,9,11-14H,8H2,1-2H3. The minimum Gasteiger partial charge on any atom is -0.390 e. The number of aliphatic hydroxyl groups excluding tert-OH is 2. The number of benzene rings is 1. The van der Waals surface area contributed by atoms with Crippen molar-refractivity contribution in [1.29, 1.82) is 0 Å². The fourth-order valence-electron chi connectivity index (χ4n) is 1.42. The van der Waals surface area contributed by atoms with Crippen molar-refractivity contribution < 1.29 is 10.2 Å². The molecule has 0 aliphatic rings. The van der Waals surface area contributed by atoms with Crippen molar-refractivity contribution >= 4 is 0 Å².